The second kappa shape index (κ2) is 6.54. The molecule has 124 valence electrons. The van der Waals surface area contributed by atoms with Gasteiger partial charge in [-0.1, -0.05) is 67.1 Å². The monoisotopic (exact) mass is 328 g/mol. The number of carbonyl (C=O) groups excluding carboxylic acids is 1. The summed E-state index contributed by atoms with van der Waals surface area (Å²) < 4.78 is 0. The summed E-state index contributed by atoms with van der Waals surface area (Å²) >= 11 is 0. The van der Waals surface area contributed by atoms with Crippen molar-refractivity contribution in [3.63, 3.8) is 0 Å². The molecule has 0 radical (unpaired) electrons. The normalized spacial score (nSPS) is 25.0. The Labute approximate surface area is 148 Å². The van der Waals surface area contributed by atoms with Gasteiger partial charge in [0.15, 0.2) is 5.41 Å². The lowest BCUT2D eigenvalue weighted by atomic mass is 9.54. The Morgan fingerprint density at radius 1 is 0.960 bits per heavy atom. The van der Waals surface area contributed by atoms with Gasteiger partial charge in [0.05, 0.1) is 12.1 Å². The molecule has 0 aliphatic heterocycles. The van der Waals surface area contributed by atoms with E-state index in [1.165, 1.54) is 0 Å². The maximum Gasteiger partial charge on any atom is 0.158 e. The molecule has 0 saturated heterocycles. The molecule has 1 fully saturated rings. The van der Waals surface area contributed by atoms with Crippen LogP contribution in [-0.4, -0.2) is 5.78 Å². The number of rotatable bonds is 2. The van der Waals surface area contributed by atoms with Gasteiger partial charge in [0.2, 0.25) is 0 Å². The van der Waals surface area contributed by atoms with Crippen LogP contribution in [0.4, 0.5) is 0 Å². The number of hydrogen-bond donors (Lipinski definition) is 0. The van der Waals surface area contributed by atoms with Gasteiger partial charge in [-0.25, -0.2) is 0 Å². The summed E-state index contributed by atoms with van der Waals surface area (Å²) in [5.74, 6) is -1.10. The van der Waals surface area contributed by atoms with Crippen molar-refractivity contribution >= 4 is 5.78 Å². The Morgan fingerprint density at radius 2 is 1.56 bits per heavy atom. The van der Waals surface area contributed by atoms with Crippen molar-refractivity contribution in [2.75, 3.05) is 0 Å². The van der Waals surface area contributed by atoms with Crippen LogP contribution in [0.5, 0.6) is 0 Å². The Morgan fingerprint density at radius 3 is 2.12 bits per heavy atom. The van der Waals surface area contributed by atoms with Crippen LogP contribution in [0.25, 0.3) is 0 Å². The van der Waals surface area contributed by atoms with Gasteiger partial charge in [0, 0.05) is 24.2 Å². The average molecular weight is 328 g/mol. The third-order valence-electron chi connectivity index (χ3n) is 5.46. The van der Waals surface area contributed by atoms with Gasteiger partial charge in [-0.2, -0.15) is 10.5 Å². The Balaban J connectivity index is 2.19. The minimum atomic E-state index is -1.26. The molecule has 0 spiro atoms. The fourth-order valence-corrected chi connectivity index (χ4v) is 4.06. The van der Waals surface area contributed by atoms with Gasteiger partial charge in [-0.3, -0.25) is 4.79 Å². The number of nitriles is 2. The van der Waals surface area contributed by atoms with Crippen molar-refractivity contribution in [1.29, 1.82) is 10.5 Å². The van der Waals surface area contributed by atoms with Crippen molar-refractivity contribution in [2.24, 2.45) is 11.3 Å². The number of aryl methyl sites for hydroxylation is 1. The van der Waals surface area contributed by atoms with E-state index in [1.807, 2.05) is 68.4 Å². The SMILES string of the molecule is Cc1ccc(C2CC(=O)C(C)C(c3ccccc3)C2(C#N)C#N)cc1. The lowest BCUT2D eigenvalue weighted by Crippen LogP contribution is -2.44. The lowest BCUT2D eigenvalue weighted by molar-refractivity contribution is -0.127. The average Bonchev–Trinajstić information content (AvgIpc) is 2.65. The molecular weight excluding hydrogens is 308 g/mol. The molecule has 3 unspecified atom stereocenters. The molecule has 0 aromatic heterocycles. The number of nitrogens with zero attached hydrogens (tertiary/aromatic N) is 2. The molecule has 1 aliphatic carbocycles. The molecule has 0 bridgehead atoms. The summed E-state index contributed by atoms with van der Waals surface area (Å²) in [6.45, 7) is 3.83. The summed E-state index contributed by atoms with van der Waals surface area (Å²) in [4.78, 5) is 12.7. The van der Waals surface area contributed by atoms with E-state index in [0.29, 0.717) is 0 Å². The molecule has 0 heterocycles. The predicted octanol–water partition coefficient (Wildman–Crippen LogP) is 4.50. The van der Waals surface area contributed by atoms with Crippen molar-refractivity contribution < 1.29 is 4.79 Å². The summed E-state index contributed by atoms with van der Waals surface area (Å²) in [6, 6.07) is 22.0. The second-order valence-electron chi connectivity index (χ2n) is 6.90. The first-order chi connectivity index (χ1) is 12.0. The highest BCUT2D eigenvalue weighted by molar-refractivity contribution is 5.85. The van der Waals surface area contributed by atoms with E-state index in [4.69, 9.17) is 0 Å². The van der Waals surface area contributed by atoms with E-state index >= 15 is 0 Å². The smallest absolute Gasteiger partial charge is 0.158 e. The highest BCUT2D eigenvalue weighted by atomic mass is 16.1. The number of hydrogen-bond acceptors (Lipinski definition) is 3. The number of ketones is 1. The highest BCUT2D eigenvalue weighted by Gasteiger charge is 2.55. The van der Waals surface area contributed by atoms with Crippen molar-refractivity contribution in [2.45, 2.75) is 32.1 Å². The molecule has 1 aliphatic rings. The number of benzene rings is 2. The zero-order chi connectivity index (χ0) is 18.0. The first-order valence-corrected chi connectivity index (χ1v) is 8.50. The number of Topliss-reactive ketones (excluding diaryl/α,β-unsaturated/α-hetero) is 1. The van der Waals surface area contributed by atoms with Gasteiger partial charge < -0.3 is 0 Å². The van der Waals surface area contributed by atoms with Gasteiger partial charge in [-0.15, -0.1) is 0 Å². The molecule has 1 saturated carbocycles. The van der Waals surface area contributed by atoms with Crippen LogP contribution >= 0.6 is 0 Å². The second-order valence-corrected chi connectivity index (χ2v) is 6.90. The van der Waals surface area contributed by atoms with Crippen molar-refractivity contribution in [1.82, 2.24) is 0 Å². The van der Waals surface area contributed by atoms with Gasteiger partial charge >= 0.3 is 0 Å². The molecule has 3 rings (SSSR count). The maximum absolute atomic E-state index is 12.7. The molecule has 25 heavy (non-hydrogen) atoms. The van der Waals surface area contributed by atoms with Crippen molar-refractivity contribution in [3.8, 4) is 12.1 Å². The summed E-state index contributed by atoms with van der Waals surface area (Å²) in [7, 11) is 0. The van der Waals surface area contributed by atoms with E-state index in [1.54, 1.807) is 0 Å². The molecule has 3 nitrogen and oxygen atoms in total. The van der Waals surface area contributed by atoms with Crippen LogP contribution in [0.2, 0.25) is 0 Å². The lowest BCUT2D eigenvalue weighted by Gasteiger charge is -2.43. The zero-order valence-corrected chi connectivity index (χ0v) is 14.4. The van der Waals surface area contributed by atoms with E-state index in [0.717, 1.165) is 16.7 Å². The Hall–Kier alpha value is -2.91. The van der Waals surface area contributed by atoms with Crippen LogP contribution in [0, 0.1) is 40.9 Å². The maximum atomic E-state index is 12.7. The fourth-order valence-electron chi connectivity index (χ4n) is 4.06. The van der Waals surface area contributed by atoms with Crippen LogP contribution in [0.1, 0.15) is 41.9 Å². The molecule has 0 amide bonds. The van der Waals surface area contributed by atoms with E-state index < -0.39 is 17.3 Å². The fraction of sp³-hybridized carbons (Fsp3) is 0.318. The standard InChI is InChI=1S/C22H20N2O/c1-15-8-10-17(11-9-15)19-12-20(25)16(2)21(22(19,13-23)14-24)18-6-4-3-5-7-18/h3-11,16,19,21H,12H2,1-2H3. The molecule has 3 atom stereocenters. The third kappa shape index (κ3) is 2.73. The van der Waals surface area contributed by atoms with Gasteiger partial charge in [-0.05, 0) is 18.1 Å². The van der Waals surface area contributed by atoms with Crippen molar-refractivity contribution in [3.05, 3.63) is 71.3 Å². The first kappa shape index (κ1) is 16.9. The molecule has 2 aromatic rings. The van der Waals surface area contributed by atoms with Crippen LogP contribution in [0.15, 0.2) is 54.6 Å². The number of carbonyl (C=O) groups is 1. The third-order valence-corrected chi connectivity index (χ3v) is 5.46. The van der Waals surface area contributed by atoms with E-state index in [2.05, 4.69) is 12.1 Å². The highest BCUT2D eigenvalue weighted by Crippen LogP contribution is 2.55. The van der Waals surface area contributed by atoms with E-state index in [-0.39, 0.29) is 18.1 Å². The van der Waals surface area contributed by atoms with Crippen LogP contribution in [-0.2, 0) is 4.79 Å². The van der Waals surface area contributed by atoms with Gasteiger partial charge in [0.25, 0.3) is 0 Å². The van der Waals surface area contributed by atoms with E-state index in [9.17, 15) is 15.3 Å². The molecule has 0 N–H and O–H groups in total. The minimum absolute atomic E-state index is 0.112. The quantitative estimate of drug-likeness (QED) is 0.815. The molecular formula is C22H20N2O. The summed E-state index contributed by atoms with van der Waals surface area (Å²) in [5, 5.41) is 20.2. The summed E-state index contributed by atoms with van der Waals surface area (Å²) in [5.41, 5.74) is 1.61. The van der Waals surface area contributed by atoms with Crippen LogP contribution < -0.4 is 0 Å². The minimum Gasteiger partial charge on any atom is -0.299 e. The first-order valence-electron chi connectivity index (χ1n) is 8.50. The van der Waals surface area contributed by atoms with Crippen LogP contribution in [0.3, 0.4) is 0 Å². The predicted molar refractivity (Wildman–Crippen MR) is 95.6 cm³/mol. The summed E-state index contributed by atoms with van der Waals surface area (Å²) in [6.07, 6.45) is 0.231. The topological polar surface area (TPSA) is 64.7 Å². The molecule has 3 heteroatoms. The Kier molecular flexibility index (Phi) is 4.43. The largest absolute Gasteiger partial charge is 0.299 e. The van der Waals surface area contributed by atoms with Gasteiger partial charge in [0.1, 0.15) is 5.78 Å². The molecule has 2 aromatic carbocycles. The zero-order valence-electron chi connectivity index (χ0n) is 14.4. The Bertz CT molecular complexity index is 842.